The van der Waals surface area contributed by atoms with Crippen molar-refractivity contribution in [2.24, 2.45) is 5.92 Å². The normalized spacial score (nSPS) is 27.0. The Balaban J connectivity index is 2.12. The standard InChI is InChI=1S/C14H19FN2O2/c1-10-3-2-4-14(6-10,9-18)17-13(19)11-5-12(15)8-16-7-11/h5,7-8,10,18H,2-4,6,9H2,1H3,(H,17,19). The predicted molar refractivity (Wildman–Crippen MR) is 69.1 cm³/mol. The first-order valence-corrected chi connectivity index (χ1v) is 6.58. The van der Waals surface area contributed by atoms with Crippen molar-refractivity contribution in [3.8, 4) is 0 Å². The van der Waals surface area contributed by atoms with E-state index in [-0.39, 0.29) is 18.1 Å². The van der Waals surface area contributed by atoms with Crippen LogP contribution in [0.3, 0.4) is 0 Å². The second-order valence-corrected chi connectivity index (χ2v) is 5.49. The third-order valence-corrected chi connectivity index (χ3v) is 3.74. The van der Waals surface area contributed by atoms with E-state index in [1.165, 1.54) is 6.20 Å². The van der Waals surface area contributed by atoms with E-state index in [9.17, 15) is 14.3 Å². The van der Waals surface area contributed by atoms with Gasteiger partial charge in [-0.2, -0.15) is 0 Å². The molecule has 1 aliphatic rings. The molecule has 5 heteroatoms. The minimum absolute atomic E-state index is 0.0914. The van der Waals surface area contributed by atoms with Crippen LogP contribution in [0.5, 0.6) is 0 Å². The van der Waals surface area contributed by atoms with E-state index < -0.39 is 11.4 Å². The molecule has 2 N–H and O–H groups in total. The van der Waals surface area contributed by atoms with Gasteiger partial charge >= 0.3 is 0 Å². The fraction of sp³-hybridized carbons (Fsp3) is 0.571. The number of nitrogens with zero attached hydrogens (tertiary/aromatic N) is 1. The van der Waals surface area contributed by atoms with Crippen LogP contribution in [0.15, 0.2) is 18.5 Å². The predicted octanol–water partition coefficient (Wildman–Crippen LogP) is 1.89. The van der Waals surface area contributed by atoms with E-state index in [2.05, 4.69) is 17.2 Å². The number of carbonyl (C=O) groups is 1. The largest absolute Gasteiger partial charge is 0.394 e. The van der Waals surface area contributed by atoms with Gasteiger partial charge in [-0.15, -0.1) is 0 Å². The Morgan fingerprint density at radius 2 is 2.42 bits per heavy atom. The van der Waals surface area contributed by atoms with Crippen molar-refractivity contribution >= 4 is 5.91 Å². The lowest BCUT2D eigenvalue weighted by Gasteiger charge is -2.39. The third kappa shape index (κ3) is 3.29. The van der Waals surface area contributed by atoms with E-state index >= 15 is 0 Å². The zero-order valence-corrected chi connectivity index (χ0v) is 11.0. The number of hydrogen-bond donors (Lipinski definition) is 2. The third-order valence-electron chi connectivity index (χ3n) is 3.74. The summed E-state index contributed by atoms with van der Waals surface area (Å²) in [5.74, 6) is -0.454. The Morgan fingerprint density at radius 1 is 1.63 bits per heavy atom. The lowest BCUT2D eigenvalue weighted by Crippen LogP contribution is -2.53. The summed E-state index contributed by atoms with van der Waals surface area (Å²) in [6.07, 6.45) is 5.97. The molecule has 0 spiro atoms. The van der Waals surface area contributed by atoms with Crippen molar-refractivity contribution in [1.82, 2.24) is 10.3 Å². The molecule has 1 amide bonds. The molecule has 1 saturated carbocycles. The van der Waals surface area contributed by atoms with Crippen molar-refractivity contribution in [1.29, 1.82) is 0 Å². The zero-order valence-electron chi connectivity index (χ0n) is 11.0. The summed E-state index contributed by atoms with van der Waals surface area (Å²) >= 11 is 0. The van der Waals surface area contributed by atoms with Crippen molar-refractivity contribution in [3.05, 3.63) is 29.8 Å². The molecule has 19 heavy (non-hydrogen) atoms. The van der Waals surface area contributed by atoms with Crippen LogP contribution in [-0.4, -0.2) is 28.1 Å². The number of halogens is 1. The van der Waals surface area contributed by atoms with Crippen LogP contribution in [0.25, 0.3) is 0 Å². The lowest BCUT2D eigenvalue weighted by atomic mass is 9.76. The van der Waals surface area contributed by atoms with Gasteiger partial charge in [-0.05, 0) is 24.8 Å². The van der Waals surface area contributed by atoms with Gasteiger partial charge in [0.1, 0.15) is 5.82 Å². The molecule has 104 valence electrons. The van der Waals surface area contributed by atoms with Gasteiger partial charge in [0.15, 0.2) is 0 Å². The quantitative estimate of drug-likeness (QED) is 0.878. The molecule has 0 aromatic carbocycles. The van der Waals surface area contributed by atoms with Crippen molar-refractivity contribution in [2.75, 3.05) is 6.61 Å². The maximum atomic E-state index is 13.1. The van der Waals surface area contributed by atoms with Gasteiger partial charge in [-0.25, -0.2) is 4.39 Å². The Kier molecular flexibility index (Phi) is 4.14. The molecule has 0 saturated heterocycles. The summed E-state index contributed by atoms with van der Waals surface area (Å²) in [5, 5.41) is 12.5. The summed E-state index contributed by atoms with van der Waals surface area (Å²) in [4.78, 5) is 15.8. The van der Waals surface area contributed by atoms with Gasteiger partial charge < -0.3 is 10.4 Å². The van der Waals surface area contributed by atoms with Gasteiger partial charge in [0.05, 0.1) is 23.9 Å². The fourth-order valence-corrected chi connectivity index (χ4v) is 2.81. The Hall–Kier alpha value is -1.49. The minimum atomic E-state index is -0.582. The van der Waals surface area contributed by atoms with E-state index in [1.54, 1.807) is 0 Å². The molecule has 1 aromatic heterocycles. The first kappa shape index (κ1) is 13.9. The lowest BCUT2D eigenvalue weighted by molar-refractivity contribution is 0.0696. The first-order valence-electron chi connectivity index (χ1n) is 6.58. The number of aliphatic hydroxyl groups is 1. The van der Waals surface area contributed by atoms with Crippen LogP contribution in [0.4, 0.5) is 4.39 Å². The number of aliphatic hydroxyl groups excluding tert-OH is 1. The highest BCUT2D eigenvalue weighted by atomic mass is 19.1. The van der Waals surface area contributed by atoms with Gasteiger partial charge in [-0.1, -0.05) is 19.8 Å². The van der Waals surface area contributed by atoms with Gasteiger partial charge in [0, 0.05) is 6.20 Å². The number of nitrogens with one attached hydrogen (secondary N) is 1. The molecule has 2 atom stereocenters. The minimum Gasteiger partial charge on any atom is -0.394 e. The fourth-order valence-electron chi connectivity index (χ4n) is 2.81. The zero-order chi connectivity index (χ0) is 13.9. The van der Waals surface area contributed by atoms with E-state index in [0.717, 1.165) is 37.9 Å². The maximum absolute atomic E-state index is 13.1. The van der Waals surface area contributed by atoms with Crippen molar-refractivity contribution in [3.63, 3.8) is 0 Å². The number of rotatable bonds is 3. The van der Waals surface area contributed by atoms with Crippen LogP contribution < -0.4 is 5.32 Å². The number of amides is 1. The summed E-state index contributed by atoms with van der Waals surface area (Å²) in [5.41, 5.74) is -0.396. The average molecular weight is 266 g/mol. The molecule has 0 radical (unpaired) electrons. The highest BCUT2D eigenvalue weighted by molar-refractivity contribution is 5.94. The van der Waals surface area contributed by atoms with Crippen LogP contribution >= 0.6 is 0 Å². The molecule has 4 nitrogen and oxygen atoms in total. The average Bonchev–Trinajstić information content (AvgIpc) is 2.38. The second kappa shape index (κ2) is 5.65. The van der Waals surface area contributed by atoms with Gasteiger partial charge in [-0.3, -0.25) is 9.78 Å². The van der Waals surface area contributed by atoms with Gasteiger partial charge in [0.2, 0.25) is 0 Å². The monoisotopic (exact) mass is 266 g/mol. The van der Waals surface area contributed by atoms with Crippen molar-refractivity contribution < 1.29 is 14.3 Å². The Morgan fingerprint density at radius 3 is 3.05 bits per heavy atom. The second-order valence-electron chi connectivity index (χ2n) is 5.49. The summed E-state index contributed by atoms with van der Waals surface area (Å²) < 4.78 is 13.1. The molecule has 0 bridgehead atoms. The van der Waals surface area contributed by atoms with Crippen LogP contribution in [0.1, 0.15) is 43.0 Å². The molecular weight excluding hydrogens is 247 g/mol. The van der Waals surface area contributed by atoms with Crippen LogP contribution in [-0.2, 0) is 0 Å². The Bertz CT molecular complexity index is 467. The first-order chi connectivity index (χ1) is 9.04. The molecule has 1 fully saturated rings. The smallest absolute Gasteiger partial charge is 0.253 e. The van der Waals surface area contributed by atoms with Gasteiger partial charge in [0.25, 0.3) is 5.91 Å². The number of hydrogen-bond acceptors (Lipinski definition) is 3. The van der Waals surface area contributed by atoms with E-state index in [1.807, 2.05) is 0 Å². The SMILES string of the molecule is CC1CCCC(CO)(NC(=O)c2cncc(F)c2)C1. The molecular formula is C14H19FN2O2. The molecule has 1 heterocycles. The van der Waals surface area contributed by atoms with E-state index in [4.69, 9.17) is 0 Å². The molecule has 2 unspecified atom stereocenters. The van der Waals surface area contributed by atoms with Crippen LogP contribution in [0, 0.1) is 11.7 Å². The highest BCUT2D eigenvalue weighted by Gasteiger charge is 2.36. The summed E-state index contributed by atoms with van der Waals surface area (Å²) in [6.45, 7) is 2.02. The van der Waals surface area contributed by atoms with Crippen LogP contribution in [0.2, 0.25) is 0 Å². The Labute approximate surface area is 112 Å². The number of carbonyl (C=O) groups excluding carboxylic acids is 1. The maximum Gasteiger partial charge on any atom is 0.253 e. The topological polar surface area (TPSA) is 62.2 Å². The number of aromatic nitrogens is 1. The summed E-state index contributed by atoms with van der Waals surface area (Å²) in [6, 6.07) is 1.15. The summed E-state index contributed by atoms with van der Waals surface area (Å²) in [7, 11) is 0. The highest BCUT2D eigenvalue weighted by Crippen LogP contribution is 2.32. The molecule has 0 aliphatic heterocycles. The molecule has 2 rings (SSSR count). The number of pyridine rings is 1. The van der Waals surface area contributed by atoms with E-state index in [0.29, 0.717) is 5.92 Å². The molecule has 1 aromatic rings. The van der Waals surface area contributed by atoms with Crippen molar-refractivity contribution in [2.45, 2.75) is 38.1 Å². The molecule has 1 aliphatic carbocycles.